The summed E-state index contributed by atoms with van der Waals surface area (Å²) in [7, 11) is 0. The minimum Gasteiger partial charge on any atom is -0.466 e. The van der Waals surface area contributed by atoms with Crippen LogP contribution in [0.4, 0.5) is 0 Å². The maximum atomic E-state index is 12.4. The van der Waals surface area contributed by atoms with Crippen molar-refractivity contribution < 1.29 is 24.5 Å². The second-order valence-corrected chi connectivity index (χ2v) is 16.4. The normalized spacial score (nSPS) is 13.0. The Kier molecular flexibility index (Phi) is 44.2. The number of unbranched alkanes of at least 4 members (excludes halogenated alkanes) is 29. The third kappa shape index (κ3) is 41.7. The summed E-state index contributed by atoms with van der Waals surface area (Å²) in [6.45, 7) is 4.80. The number of amides is 1. The van der Waals surface area contributed by atoms with Crippen LogP contribution in [0.15, 0.2) is 36.5 Å². The molecule has 2 unspecified atom stereocenters. The predicted molar refractivity (Wildman–Crippen MR) is 241 cm³/mol. The summed E-state index contributed by atoms with van der Waals surface area (Å²) in [6.07, 6.45) is 54.2. The summed E-state index contributed by atoms with van der Waals surface area (Å²) < 4.78 is 5.42. The largest absolute Gasteiger partial charge is 0.466 e. The highest BCUT2D eigenvalue weighted by Gasteiger charge is 2.18. The molecule has 328 valence electrons. The molecule has 0 aromatic carbocycles. The van der Waals surface area contributed by atoms with Gasteiger partial charge in [0.2, 0.25) is 5.91 Å². The lowest BCUT2D eigenvalue weighted by atomic mass is 10.0. The number of ether oxygens (including phenoxy) is 1. The number of carbonyl (C=O) groups is 2. The predicted octanol–water partition coefficient (Wildman–Crippen LogP) is 14.1. The first kappa shape index (κ1) is 54.1. The fourth-order valence-corrected chi connectivity index (χ4v) is 7.09. The molecule has 0 fully saturated rings. The van der Waals surface area contributed by atoms with Gasteiger partial charge in [-0.1, -0.05) is 185 Å². The molecule has 0 aliphatic rings. The number of hydrogen-bond acceptors (Lipinski definition) is 5. The summed E-state index contributed by atoms with van der Waals surface area (Å²) in [6, 6.07) is -0.648. The van der Waals surface area contributed by atoms with Gasteiger partial charge in [0, 0.05) is 12.8 Å². The van der Waals surface area contributed by atoms with Crippen LogP contribution in [0.25, 0.3) is 0 Å². The van der Waals surface area contributed by atoms with Crippen LogP contribution in [0.1, 0.15) is 245 Å². The van der Waals surface area contributed by atoms with Crippen molar-refractivity contribution in [3.63, 3.8) is 0 Å². The molecule has 0 aromatic rings. The number of aliphatic hydroxyl groups is 2. The van der Waals surface area contributed by atoms with Crippen molar-refractivity contribution in [3.8, 4) is 0 Å². The van der Waals surface area contributed by atoms with E-state index >= 15 is 0 Å². The zero-order valence-corrected chi connectivity index (χ0v) is 37.1. The molecule has 56 heavy (non-hydrogen) atoms. The van der Waals surface area contributed by atoms with E-state index < -0.39 is 12.1 Å². The van der Waals surface area contributed by atoms with Crippen molar-refractivity contribution in [2.45, 2.75) is 257 Å². The van der Waals surface area contributed by atoms with Crippen LogP contribution in [-0.2, 0) is 14.3 Å². The van der Waals surface area contributed by atoms with E-state index in [0.29, 0.717) is 19.4 Å². The van der Waals surface area contributed by atoms with Gasteiger partial charge in [-0.25, -0.2) is 0 Å². The molecular formula is C50H93NO5. The van der Waals surface area contributed by atoms with Gasteiger partial charge < -0.3 is 20.3 Å². The first-order chi connectivity index (χ1) is 27.5. The van der Waals surface area contributed by atoms with E-state index in [1.54, 1.807) is 6.08 Å². The molecule has 0 heterocycles. The zero-order chi connectivity index (χ0) is 40.8. The fourth-order valence-electron chi connectivity index (χ4n) is 7.09. The van der Waals surface area contributed by atoms with Gasteiger partial charge in [-0.3, -0.25) is 9.59 Å². The molecule has 0 saturated carbocycles. The van der Waals surface area contributed by atoms with Gasteiger partial charge in [0.25, 0.3) is 0 Å². The summed E-state index contributed by atoms with van der Waals surface area (Å²) in [4.78, 5) is 24.4. The molecule has 0 aromatic heterocycles. The van der Waals surface area contributed by atoms with E-state index in [1.807, 2.05) is 6.08 Å². The van der Waals surface area contributed by atoms with Crippen molar-refractivity contribution in [2.75, 3.05) is 13.2 Å². The number of esters is 1. The van der Waals surface area contributed by atoms with E-state index in [9.17, 15) is 19.8 Å². The Morgan fingerprint density at radius 3 is 1.27 bits per heavy atom. The second kappa shape index (κ2) is 45.8. The van der Waals surface area contributed by atoms with Gasteiger partial charge in [-0.05, 0) is 83.5 Å². The average Bonchev–Trinajstić information content (AvgIpc) is 3.20. The minimum atomic E-state index is -0.862. The molecule has 0 rings (SSSR count). The molecular weight excluding hydrogens is 695 g/mol. The van der Waals surface area contributed by atoms with Crippen molar-refractivity contribution in [2.24, 2.45) is 0 Å². The molecule has 3 N–H and O–H groups in total. The minimum absolute atomic E-state index is 0.0424. The quantitative estimate of drug-likeness (QED) is 0.0325. The van der Waals surface area contributed by atoms with Crippen LogP contribution in [0.3, 0.4) is 0 Å². The Morgan fingerprint density at radius 1 is 0.482 bits per heavy atom. The highest BCUT2D eigenvalue weighted by Crippen LogP contribution is 2.14. The van der Waals surface area contributed by atoms with E-state index in [2.05, 4.69) is 43.5 Å². The highest BCUT2D eigenvalue weighted by molar-refractivity contribution is 5.76. The molecule has 0 aliphatic heterocycles. The number of aliphatic hydroxyl groups excluding tert-OH is 2. The lowest BCUT2D eigenvalue weighted by molar-refractivity contribution is -0.143. The van der Waals surface area contributed by atoms with E-state index in [4.69, 9.17) is 4.74 Å². The van der Waals surface area contributed by atoms with Crippen molar-refractivity contribution in [1.29, 1.82) is 0 Å². The summed E-state index contributed by atoms with van der Waals surface area (Å²) >= 11 is 0. The smallest absolute Gasteiger partial charge is 0.305 e. The van der Waals surface area contributed by atoms with Crippen LogP contribution in [0.2, 0.25) is 0 Å². The monoisotopic (exact) mass is 788 g/mol. The van der Waals surface area contributed by atoms with Crippen LogP contribution < -0.4 is 5.32 Å². The maximum absolute atomic E-state index is 12.4. The Morgan fingerprint density at radius 2 is 0.839 bits per heavy atom. The molecule has 0 aliphatic carbocycles. The number of carbonyl (C=O) groups excluding carboxylic acids is 2. The van der Waals surface area contributed by atoms with E-state index in [0.717, 1.165) is 83.5 Å². The number of nitrogens with one attached hydrogen (secondary N) is 1. The molecule has 0 saturated heterocycles. The Hall–Kier alpha value is -1.92. The molecule has 2 atom stereocenters. The van der Waals surface area contributed by atoms with Crippen LogP contribution >= 0.6 is 0 Å². The van der Waals surface area contributed by atoms with Crippen LogP contribution in [-0.4, -0.2) is 47.4 Å². The summed E-state index contributed by atoms with van der Waals surface area (Å²) in [5.74, 6) is -0.141. The average molecular weight is 788 g/mol. The number of rotatable bonds is 44. The van der Waals surface area contributed by atoms with Gasteiger partial charge in [0.1, 0.15) is 0 Å². The van der Waals surface area contributed by atoms with Gasteiger partial charge in [0.15, 0.2) is 0 Å². The molecule has 1 amide bonds. The SMILES string of the molecule is CCCCCCC/C=C\CCCCCCCC(=O)OCCCC/C=C\CCCCCCCC(=O)NC(CO)C(O)/C=C/CCCCCCCCCCCCCC. The maximum Gasteiger partial charge on any atom is 0.305 e. The van der Waals surface area contributed by atoms with E-state index in [1.165, 1.54) is 135 Å². The fraction of sp³-hybridized carbons (Fsp3) is 0.840. The third-order valence-corrected chi connectivity index (χ3v) is 10.9. The van der Waals surface area contributed by atoms with Gasteiger partial charge in [-0.15, -0.1) is 0 Å². The summed E-state index contributed by atoms with van der Waals surface area (Å²) in [5.41, 5.74) is 0. The first-order valence-electron chi connectivity index (χ1n) is 24.3. The number of allylic oxidation sites excluding steroid dienone is 5. The van der Waals surface area contributed by atoms with Crippen molar-refractivity contribution >= 4 is 11.9 Å². The van der Waals surface area contributed by atoms with E-state index in [-0.39, 0.29) is 18.5 Å². The zero-order valence-electron chi connectivity index (χ0n) is 37.1. The standard InChI is InChI=1S/C50H93NO5/c1-3-5-7-9-11-13-15-17-19-22-26-30-34-38-42-48(53)47(46-52)51-49(54)43-39-35-31-27-23-21-25-29-33-37-41-45-56-50(55)44-40-36-32-28-24-20-18-16-14-12-10-8-6-4-2/h16,18,25,29,38,42,47-48,52-53H,3-15,17,19-24,26-28,30-37,39-41,43-46H2,1-2H3,(H,51,54)/b18-16-,29-25-,42-38+. The van der Waals surface area contributed by atoms with Crippen LogP contribution in [0.5, 0.6) is 0 Å². The second-order valence-electron chi connectivity index (χ2n) is 16.4. The molecule has 6 heteroatoms. The Balaban J connectivity index is 3.57. The number of hydrogen-bond donors (Lipinski definition) is 3. The first-order valence-corrected chi connectivity index (χ1v) is 24.3. The van der Waals surface area contributed by atoms with Crippen molar-refractivity contribution in [1.82, 2.24) is 5.32 Å². The van der Waals surface area contributed by atoms with Crippen LogP contribution in [0, 0.1) is 0 Å². The highest BCUT2D eigenvalue weighted by atomic mass is 16.5. The third-order valence-electron chi connectivity index (χ3n) is 10.9. The Bertz CT molecular complexity index is 915. The topological polar surface area (TPSA) is 95.9 Å². The molecule has 0 bridgehead atoms. The van der Waals surface area contributed by atoms with Gasteiger partial charge in [0.05, 0.1) is 25.4 Å². The molecule has 0 radical (unpaired) electrons. The Labute approximate surface area is 347 Å². The van der Waals surface area contributed by atoms with Gasteiger partial charge >= 0.3 is 5.97 Å². The van der Waals surface area contributed by atoms with Crippen molar-refractivity contribution in [3.05, 3.63) is 36.5 Å². The molecule has 6 nitrogen and oxygen atoms in total. The molecule has 0 spiro atoms. The lowest BCUT2D eigenvalue weighted by Gasteiger charge is -2.20. The van der Waals surface area contributed by atoms with Gasteiger partial charge in [-0.2, -0.15) is 0 Å². The lowest BCUT2D eigenvalue weighted by Crippen LogP contribution is -2.45. The summed E-state index contributed by atoms with van der Waals surface area (Å²) in [5, 5.41) is 23.0.